The van der Waals surface area contributed by atoms with Crippen LogP contribution in [0.25, 0.3) is 10.9 Å². The lowest BCUT2D eigenvalue weighted by molar-refractivity contribution is -0.317. The van der Waals surface area contributed by atoms with E-state index < -0.39 is 129 Å². The van der Waals surface area contributed by atoms with Crippen LogP contribution in [-0.4, -0.2) is 224 Å². The summed E-state index contributed by atoms with van der Waals surface area (Å²) in [6.45, 7) is 16.6. The van der Waals surface area contributed by atoms with Crippen LogP contribution in [0.3, 0.4) is 0 Å². The molecule has 0 aromatic carbocycles. The summed E-state index contributed by atoms with van der Waals surface area (Å²) in [6.07, 6.45) is -7.91. The summed E-state index contributed by atoms with van der Waals surface area (Å²) in [5.74, 6) is -6.40. The summed E-state index contributed by atoms with van der Waals surface area (Å²) in [5, 5.41) is 57.2. The molecule has 0 saturated carbocycles. The molecule has 18 atom stereocenters. The summed E-state index contributed by atoms with van der Waals surface area (Å²) in [7, 11) is 5.75. The Hall–Kier alpha value is -3.94. The molecule has 0 spiro atoms. The van der Waals surface area contributed by atoms with Gasteiger partial charge >= 0.3 is 11.9 Å². The number of aromatic carboxylic acids is 1. The van der Waals surface area contributed by atoms with Crippen molar-refractivity contribution in [2.45, 2.75) is 184 Å². The van der Waals surface area contributed by atoms with Crippen LogP contribution in [0, 0.1) is 23.7 Å². The van der Waals surface area contributed by atoms with Gasteiger partial charge in [-0.3, -0.25) is 28.0 Å². The third kappa shape index (κ3) is 16.7. The largest absolute Gasteiger partial charge is 0.483 e. The van der Waals surface area contributed by atoms with Gasteiger partial charge in [0.15, 0.2) is 12.6 Å². The van der Waals surface area contributed by atoms with E-state index in [0.717, 1.165) is 0 Å². The molecule has 0 bridgehead atoms. The lowest BCUT2D eigenvalue weighted by Crippen LogP contribution is -2.62. The summed E-state index contributed by atoms with van der Waals surface area (Å²) in [5.41, 5.74) is -5.36. The van der Waals surface area contributed by atoms with Crippen molar-refractivity contribution in [2.24, 2.45) is 23.7 Å². The zero-order valence-corrected chi connectivity index (χ0v) is 51.2. The number of nitrogens with zero attached hydrogens (tertiary/aromatic N) is 4. The number of carboxylic acid groups (broad SMARTS) is 2. The zero-order chi connectivity index (χ0) is 61.3. The molecule has 3 aliphatic heterocycles. The molecule has 25 nitrogen and oxygen atoms in total. The molecule has 2 aromatic rings. The van der Waals surface area contributed by atoms with Gasteiger partial charge in [-0.05, 0) is 81.0 Å². The number of esters is 1. The van der Waals surface area contributed by atoms with Crippen molar-refractivity contribution < 1.29 is 90.5 Å². The predicted octanol–water partition coefficient (Wildman–Crippen LogP) is 2.48. The number of likely N-dealkylation sites (N-methyl/N-ethyl adjacent to an activating group) is 1. The number of carbonyl (C=O) groups is 4. The van der Waals surface area contributed by atoms with Crippen molar-refractivity contribution in [1.29, 1.82) is 0 Å². The number of aliphatic hydroxyl groups excluding tert-OH is 2. The Kier molecular flexibility index (Phi) is 25.1. The first-order valence-electron chi connectivity index (χ1n) is 27.2. The molecule has 6 N–H and O–H groups in total. The number of fused-ring (bicyclic) bond motifs is 1. The number of hydrogen-bond acceptors (Lipinski definition) is 23. The average Bonchev–Trinajstić information content (AvgIpc) is 3.58. The molecule has 0 radical (unpaired) electrons. The summed E-state index contributed by atoms with van der Waals surface area (Å²) in [4.78, 5) is 68.3. The molecule has 2 aromatic heterocycles. The Bertz CT molecular complexity index is 2610. The standard InChI is InChI=1S/C53H87N5O18S2.CH2O2/c1-17-38-53(10,66)45(62)30(4)41(59)28(2)24-51(8,69-15)46(75-50-43(61)36(56(11)12)22-29(3)71-50)31(5)44(32(6)49(65)73-38)74-40-25-52(9,70-16)47(33(7)72-40)76-78(67,68)21-19-54-18-20-77-39-23-34-37(26-55-39)58(57(13)14)27-35(42(34)60)48(63)64;2-1-3/h23,26-33,36,38,40,43-47,50,54,61-62,66H,17-22,24-25H2,1-16H3,(H,63,64);1H,(H,2,3)/t28-,29-,30+,31+,32-,33+,36+,38-,40+,43-,44+,45-,46-,47+,50+,51-,52-,53-;/m1./s1. The third-order valence-electron chi connectivity index (χ3n) is 16.0. The van der Waals surface area contributed by atoms with E-state index >= 15 is 0 Å². The molecular weight excluding hydrogens is 1100 g/mol. The molecule has 5 rings (SSSR count). The normalized spacial score (nSPS) is 35.6. The van der Waals surface area contributed by atoms with Crippen molar-refractivity contribution in [2.75, 3.05) is 72.0 Å². The second-order valence-corrected chi connectivity index (χ2v) is 25.4. The van der Waals surface area contributed by atoms with Crippen molar-refractivity contribution in [1.82, 2.24) is 19.9 Å². The SMILES string of the molecule is CC[C@H]1OC(=O)[C@H](C)[C@@H](O[C@H]2C[C@@](C)(OC)[C@@H](OS(=O)(=O)CCNCCSc3cc4c(=O)c(C(=O)O)cn(N(C)C)c4cn3)[C@H](C)O2)[C@H](C)[C@@H](O[C@@H]2O[C@H](C)C[C@H](N(C)C)[C@H]2O)[C@](C)(OC)C[C@@H](C)C(=O)[C@H](C)[C@@H](O)[C@]1(C)O.O=CO. The monoisotopic (exact) mass is 1190 g/mol. The molecule has 81 heavy (non-hydrogen) atoms. The number of carboxylic acids is 1. The van der Waals surface area contributed by atoms with Crippen molar-refractivity contribution in [3.63, 3.8) is 0 Å². The first-order chi connectivity index (χ1) is 37.7. The highest BCUT2D eigenvalue weighted by atomic mass is 32.2. The number of aliphatic hydroxyl groups is 3. The fourth-order valence-corrected chi connectivity index (χ4v) is 13.2. The fourth-order valence-electron chi connectivity index (χ4n) is 11.3. The minimum atomic E-state index is -4.23. The van der Waals surface area contributed by atoms with E-state index in [1.165, 1.54) is 63.0 Å². The number of aromatic nitrogens is 2. The number of methoxy groups -OCH3 is 2. The molecule has 462 valence electrons. The van der Waals surface area contributed by atoms with Crippen LogP contribution < -0.4 is 15.8 Å². The second kappa shape index (κ2) is 29.2. The summed E-state index contributed by atoms with van der Waals surface area (Å²) < 4.78 is 79.7. The molecule has 0 unspecified atom stereocenters. The van der Waals surface area contributed by atoms with E-state index in [4.69, 9.17) is 47.2 Å². The number of carbonyl (C=O) groups excluding carboxylic acids is 2. The lowest BCUT2D eigenvalue weighted by atomic mass is 9.74. The minimum Gasteiger partial charge on any atom is -0.483 e. The van der Waals surface area contributed by atoms with Gasteiger partial charge in [0.25, 0.3) is 16.6 Å². The van der Waals surface area contributed by atoms with Crippen molar-refractivity contribution >= 4 is 57.0 Å². The quantitative estimate of drug-likeness (QED) is 0.0387. The van der Waals surface area contributed by atoms with Gasteiger partial charge < -0.3 is 73.9 Å². The Labute approximate surface area is 479 Å². The molecular formula is C54H89N5O20S2. The molecule has 5 heterocycles. The number of thioether (sulfide) groups is 1. The summed E-state index contributed by atoms with van der Waals surface area (Å²) in [6, 6.07) is 1.18. The number of pyridine rings is 2. The fraction of sp³-hybridized carbons (Fsp3) is 0.778. The van der Waals surface area contributed by atoms with Gasteiger partial charge in [-0.15, -0.1) is 11.8 Å². The van der Waals surface area contributed by atoms with Gasteiger partial charge in [0, 0.05) is 83.6 Å². The molecule has 3 fully saturated rings. The van der Waals surface area contributed by atoms with Crippen molar-refractivity contribution in [3.8, 4) is 0 Å². The van der Waals surface area contributed by atoms with Crippen LogP contribution in [0.15, 0.2) is 28.3 Å². The van der Waals surface area contributed by atoms with Crippen LogP contribution in [0.4, 0.5) is 0 Å². The van der Waals surface area contributed by atoms with Gasteiger partial charge in [-0.1, -0.05) is 27.7 Å². The number of rotatable bonds is 19. The van der Waals surface area contributed by atoms with Crippen LogP contribution >= 0.6 is 11.8 Å². The highest BCUT2D eigenvalue weighted by molar-refractivity contribution is 7.99. The summed E-state index contributed by atoms with van der Waals surface area (Å²) >= 11 is 1.30. The van der Waals surface area contributed by atoms with E-state index in [1.807, 2.05) is 25.9 Å². The second-order valence-electron chi connectivity index (χ2n) is 22.6. The Morgan fingerprint density at radius 3 is 2.14 bits per heavy atom. The number of Topliss-reactive ketones (excluding diaryl/α,β-unsaturated/α-hetero) is 1. The highest BCUT2D eigenvalue weighted by Crippen LogP contribution is 2.42. The van der Waals surface area contributed by atoms with E-state index in [-0.39, 0.29) is 61.2 Å². The minimum absolute atomic E-state index is 0.00895. The number of hydrogen-bond donors (Lipinski definition) is 6. The topological polar surface area (TPSA) is 331 Å². The number of cyclic esters (lactones) is 1. The van der Waals surface area contributed by atoms with E-state index in [9.17, 15) is 48.0 Å². The molecule has 27 heteroatoms. The first-order valence-corrected chi connectivity index (χ1v) is 29.8. The molecule has 0 aliphatic carbocycles. The molecule has 3 saturated heterocycles. The predicted molar refractivity (Wildman–Crippen MR) is 299 cm³/mol. The van der Waals surface area contributed by atoms with Gasteiger partial charge in [0.05, 0.1) is 75.5 Å². The highest BCUT2D eigenvalue weighted by Gasteiger charge is 2.55. The van der Waals surface area contributed by atoms with E-state index in [0.29, 0.717) is 29.3 Å². The number of ether oxygens (including phenoxy) is 7. The Balaban J connectivity index is 0.00000460. The van der Waals surface area contributed by atoms with Gasteiger partial charge in [0.1, 0.15) is 35.3 Å². The van der Waals surface area contributed by atoms with Gasteiger partial charge in [-0.25, -0.2) is 9.78 Å². The Morgan fingerprint density at radius 1 is 0.951 bits per heavy atom. The smallest absolute Gasteiger partial charge is 0.341 e. The van der Waals surface area contributed by atoms with E-state index in [1.54, 1.807) is 67.6 Å². The molecule has 0 amide bonds. The lowest BCUT2D eigenvalue weighted by Gasteiger charge is -2.50. The van der Waals surface area contributed by atoms with Crippen LogP contribution in [-0.2, 0) is 61.8 Å². The maximum absolute atomic E-state index is 14.6. The number of ketones is 1. The molecule has 3 aliphatic rings. The van der Waals surface area contributed by atoms with Gasteiger partial charge in [0.2, 0.25) is 5.43 Å². The van der Waals surface area contributed by atoms with E-state index in [2.05, 4.69) is 10.3 Å². The van der Waals surface area contributed by atoms with Crippen LogP contribution in [0.1, 0.15) is 105 Å². The van der Waals surface area contributed by atoms with Crippen molar-refractivity contribution in [3.05, 3.63) is 34.2 Å². The maximum Gasteiger partial charge on any atom is 0.341 e. The number of nitrogens with one attached hydrogen (secondary N) is 1. The van der Waals surface area contributed by atoms with Crippen LogP contribution in [0.5, 0.6) is 0 Å². The van der Waals surface area contributed by atoms with Crippen LogP contribution in [0.2, 0.25) is 0 Å². The third-order valence-corrected chi connectivity index (χ3v) is 18.2. The zero-order valence-electron chi connectivity index (χ0n) is 49.6. The first kappa shape index (κ1) is 69.6. The Morgan fingerprint density at radius 2 is 1.57 bits per heavy atom. The average molecular weight is 1190 g/mol. The van der Waals surface area contributed by atoms with Gasteiger partial charge in [-0.2, -0.15) is 8.42 Å². The maximum atomic E-state index is 14.6.